The maximum Gasteiger partial charge on any atom is 0.163 e. The van der Waals surface area contributed by atoms with E-state index in [2.05, 4.69) is 22.5 Å². The number of ether oxygens (including phenoxy) is 1. The Balaban J connectivity index is 2.02. The summed E-state index contributed by atoms with van der Waals surface area (Å²) in [6, 6.07) is 4.27. The number of nitrogens with one attached hydrogen (secondary N) is 1. The van der Waals surface area contributed by atoms with Crippen LogP contribution >= 0.6 is 11.3 Å². The minimum absolute atomic E-state index is 0.613. The van der Waals surface area contributed by atoms with Gasteiger partial charge in [0.25, 0.3) is 0 Å². The van der Waals surface area contributed by atoms with Crippen LogP contribution in [0.25, 0.3) is 0 Å². The van der Waals surface area contributed by atoms with Crippen molar-refractivity contribution in [2.45, 2.75) is 27.0 Å². The monoisotopic (exact) mass is 265 g/mol. The Morgan fingerprint density at radius 3 is 2.67 bits per heavy atom. The smallest absolute Gasteiger partial charge is 0.163 e. The van der Waals surface area contributed by atoms with Gasteiger partial charge in [-0.2, -0.15) is 5.10 Å². The maximum absolute atomic E-state index is 5.87. The number of hydrogen-bond donors (Lipinski definition) is 1. The van der Waals surface area contributed by atoms with Crippen LogP contribution in [0, 0.1) is 13.8 Å². The Morgan fingerprint density at radius 2 is 2.06 bits per heavy atom. The molecule has 0 saturated heterocycles. The molecule has 98 valence electrons. The van der Waals surface area contributed by atoms with Gasteiger partial charge in [-0.1, -0.05) is 0 Å². The summed E-state index contributed by atoms with van der Waals surface area (Å²) >= 11 is 1.78. The molecule has 0 atom stereocenters. The lowest BCUT2D eigenvalue weighted by Gasteiger charge is -2.04. The highest BCUT2D eigenvalue weighted by atomic mass is 32.1. The predicted molar refractivity (Wildman–Crippen MR) is 74.1 cm³/mol. The van der Waals surface area contributed by atoms with E-state index in [4.69, 9.17) is 4.74 Å². The molecule has 0 spiro atoms. The van der Waals surface area contributed by atoms with E-state index in [1.54, 1.807) is 11.3 Å². The van der Waals surface area contributed by atoms with Gasteiger partial charge < -0.3 is 10.1 Å². The van der Waals surface area contributed by atoms with E-state index in [1.807, 2.05) is 32.6 Å². The van der Waals surface area contributed by atoms with Crippen LogP contribution in [0.4, 0.5) is 0 Å². The molecule has 2 aromatic rings. The summed E-state index contributed by atoms with van der Waals surface area (Å²) in [7, 11) is 3.89. The number of nitrogens with zero attached hydrogens (tertiary/aromatic N) is 2. The summed E-state index contributed by atoms with van der Waals surface area (Å²) in [6.07, 6.45) is 0. The van der Waals surface area contributed by atoms with Crippen LogP contribution in [0.5, 0.6) is 5.75 Å². The first-order valence-electron chi connectivity index (χ1n) is 5.97. The van der Waals surface area contributed by atoms with E-state index in [0.717, 1.165) is 23.7 Å². The van der Waals surface area contributed by atoms with Crippen LogP contribution in [-0.4, -0.2) is 16.8 Å². The van der Waals surface area contributed by atoms with E-state index < -0.39 is 0 Å². The lowest BCUT2D eigenvalue weighted by Crippen LogP contribution is -2.02. The second-order valence-electron chi connectivity index (χ2n) is 4.31. The molecule has 0 fully saturated rings. The van der Waals surface area contributed by atoms with Crippen LogP contribution in [0.1, 0.15) is 21.1 Å². The van der Waals surface area contributed by atoms with Crippen molar-refractivity contribution in [3.63, 3.8) is 0 Å². The normalized spacial score (nSPS) is 10.9. The number of aryl methyl sites for hydroxylation is 2. The quantitative estimate of drug-likeness (QED) is 0.902. The van der Waals surface area contributed by atoms with Crippen molar-refractivity contribution >= 4 is 11.3 Å². The first kappa shape index (κ1) is 13.1. The maximum atomic E-state index is 5.87. The van der Waals surface area contributed by atoms with Gasteiger partial charge in [-0.15, -0.1) is 11.3 Å². The second kappa shape index (κ2) is 5.54. The van der Waals surface area contributed by atoms with E-state index >= 15 is 0 Å². The van der Waals surface area contributed by atoms with E-state index in [0.29, 0.717) is 6.61 Å². The molecule has 1 N–H and O–H groups in total. The van der Waals surface area contributed by atoms with Crippen LogP contribution in [0.2, 0.25) is 0 Å². The van der Waals surface area contributed by atoms with Crippen molar-refractivity contribution < 1.29 is 4.74 Å². The summed E-state index contributed by atoms with van der Waals surface area (Å²) in [5, 5.41) is 7.49. The summed E-state index contributed by atoms with van der Waals surface area (Å²) in [5.41, 5.74) is 2.02. The van der Waals surface area contributed by atoms with Crippen LogP contribution < -0.4 is 10.1 Å². The Labute approximate surface area is 112 Å². The minimum atomic E-state index is 0.613. The summed E-state index contributed by atoms with van der Waals surface area (Å²) < 4.78 is 7.73. The SMILES string of the molecule is CNCc1ccc(COc2c(C)nn(C)c2C)s1. The van der Waals surface area contributed by atoms with Crippen molar-refractivity contribution in [3.8, 4) is 5.75 Å². The summed E-state index contributed by atoms with van der Waals surface area (Å²) in [6.45, 7) is 5.52. The number of aromatic nitrogens is 2. The molecule has 0 bridgehead atoms. The van der Waals surface area contributed by atoms with Gasteiger partial charge in [-0.3, -0.25) is 4.68 Å². The highest BCUT2D eigenvalue weighted by molar-refractivity contribution is 7.11. The zero-order valence-corrected chi connectivity index (χ0v) is 12.1. The lowest BCUT2D eigenvalue weighted by molar-refractivity contribution is 0.305. The molecule has 0 unspecified atom stereocenters. The van der Waals surface area contributed by atoms with Gasteiger partial charge in [-0.05, 0) is 33.0 Å². The van der Waals surface area contributed by atoms with Crippen LogP contribution in [-0.2, 0) is 20.2 Å². The molecule has 0 aliphatic carbocycles. The molecule has 5 heteroatoms. The molecule has 0 saturated carbocycles. The highest BCUT2D eigenvalue weighted by Crippen LogP contribution is 2.24. The second-order valence-corrected chi connectivity index (χ2v) is 5.56. The topological polar surface area (TPSA) is 39.1 Å². The highest BCUT2D eigenvalue weighted by Gasteiger charge is 2.11. The third-order valence-corrected chi connectivity index (χ3v) is 3.93. The zero-order valence-electron chi connectivity index (χ0n) is 11.3. The molecule has 0 aliphatic rings. The number of thiophene rings is 1. The molecule has 0 radical (unpaired) electrons. The first-order valence-corrected chi connectivity index (χ1v) is 6.78. The van der Waals surface area contributed by atoms with E-state index in [-0.39, 0.29) is 0 Å². The molecule has 4 nitrogen and oxygen atoms in total. The van der Waals surface area contributed by atoms with Crippen LogP contribution in [0.3, 0.4) is 0 Å². The Hall–Kier alpha value is -1.33. The fraction of sp³-hybridized carbons (Fsp3) is 0.462. The summed E-state index contributed by atoms with van der Waals surface area (Å²) in [5.74, 6) is 0.904. The Kier molecular flexibility index (Phi) is 4.04. The van der Waals surface area contributed by atoms with Crippen molar-refractivity contribution in [1.82, 2.24) is 15.1 Å². The lowest BCUT2D eigenvalue weighted by atomic mass is 10.3. The fourth-order valence-electron chi connectivity index (χ4n) is 1.88. The van der Waals surface area contributed by atoms with Gasteiger partial charge in [-0.25, -0.2) is 0 Å². The van der Waals surface area contributed by atoms with Crippen molar-refractivity contribution in [2.24, 2.45) is 7.05 Å². The molecular formula is C13H19N3OS. The third-order valence-electron chi connectivity index (χ3n) is 2.87. The largest absolute Gasteiger partial charge is 0.484 e. The van der Waals surface area contributed by atoms with Crippen molar-refractivity contribution in [3.05, 3.63) is 33.3 Å². The van der Waals surface area contributed by atoms with Gasteiger partial charge in [0, 0.05) is 23.3 Å². The minimum Gasteiger partial charge on any atom is -0.484 e. The van der Waals surface area contributed by atoms with E-state index in [1.165, 1.54) is 9.75 Å². The molecule has 0 aliphatic heterocycles. The van der Waals surface area contributed by atoms with Crippen LogP contribution in [0.15, 0.2) is 12.1 Å². The standard InChI is InChI=1S/C13H19N3OS/c1-9-13(10(2)16(4)15-9)17-8-12-6-5-11(18-12)7-14-3/h5-6,14H,7-8H2,1-4H3. The Morgan fingerprint density at radius 1 is 1.33 bits per heavy atom. The average Bonchev–Trinajstić information content (AvgIpc) is 2.85. The average molecular weight is 265 g/mol. The number of hydrogen-bond acceptors (Lipinski definition) is 4. The van der Waals surface area contributed by atoms with Gasteiger partial charge in [0.1, 0.15) is 12.3 Å². The summed E-state index contributed by atoms with van der Waals surface area (Å²) in [4.78, 5) is 2.57. The molecule has 2 rings (SSSR count). The Bertz CT molecular complexity index is 530. The third kappa shape index (κ3) is 2.73. The molecule has 2 heterocycles. The fourth-order valence-corrected chi connectivity index (χ4v) is 2.82. The molecule has 0 amide bonds. The van der Waals surface area contributed by atoms with Gasteiger partial charge >= 0.3 is 0 Å². The molecule has 2 aromatic heterocycles. The van der Waals surface area contributed by atoms with Crippen molar-refractivity contribution in [1.29, 1.82) is 0 Å². The van der Waals surface area contributed by atoms with E-state index in [9.17, 15) is 0 Å². The molecule has 18 heavy (non-hydrogen) atoms. The first-order chi connectivity index (χ1) is 8.61. The number of rotatable bonds is 5. The molecule has 0 aromatic carbocycles. The predicted octanol–water partition coefficient (Wildman–Crippen LogP) is 2.40. The molecular weight excluding hydrogens is 246 g/mol. The van der Waals surface area contributed by atoms with Gasteiger partial charge in [0.2, 0.25) is 0 Å². The zero-order chi connectivity index (χ0) is 13.1. The van der Waals surface area contributed by atoms with Gasteiger partial charge in [0.15, 0.2) is 5.75 Å². The van der Waals surface area contributed by atoms with Crippen molar-refractivity contribution in [2.75, 3.05) is 7.05 Å². The van der Waals surface area contributed by atoms with Gasteiger partial charge in [0.05, 0.1) is 5.69 Å².